The molecule has 0 amide bonds. The van der Waals surface area contributed by atoms with Crippen molar-refractivity contribution in [2.24, 2.45) is 0 Å². The molecule has 2 aliphatic rings. The molecule has 1 saturated carbocycles. The Bertz CT molecular complexity index is 1400. The number of hydrogen-bond donors (Lipinski definition) is 2. The van der Waals surface area contributed by atoms with E-state index in [9.17, 15) is 18.3 Å². The molecule has 2 atom stereocenters. The van der Waals surface area contributed by atoms with E-state index in [4.69, 9.17) is 4.42 Å². The van der Waals surface area contributed by atoms with Gasteiger partial charge in [-0.05, 0) is 50.3 Å². The maximum absolute atomic E-state index is 15.4. The molecule has 11 heteroatoms. The zero-order valence-corrected chi connectivity index (χ0v) is 19.8. The molecular weight excluding hydrogens is 480 g/mol. The Hall–Kier alpha value is -2.89. The fraction of sp³-hybridized carbons (Fsp3) is 0.417. The summed E-state index contributed by atoms with van der Waals surface area (Å²) in [5.41, 5.74) is -0.826. The van der Waals surface area contributed by atoms with E-state index in [1.807, 2.05) is 0 Å². The summed E-state index contributed by atoms with van der Waals surface area (Å²) in [4.78, 5) is 11.5. The first kappa shape index (κ1) is 23.8. The number of hydrogen-bond acceptors (Lipinski definition) is 6. The second-order valence-corrected chi connectivity index (χ2v) is 11.5. The van der Waals surface area contributed by atoms with Gasteiger partial charge in [-0.1, -0.05) is 30.3 Å². The van der Waals surface area contributed by atoms with Crippen LogP contribution in [0.1, 0.15) is 60.4 Å². The van der Waals surface area contributed by atoms with E-state index in [0.717, 1.165) is 12.1 Å². The molecule has 2 N–H and O–H groups in total. The zero-order valence-electron chi connectivity index (χ0n) is 18.9. The van der Waals surface area contributed by atoms with Crippen LogP contribution in [0.4, 0.5) is 8.78 Å². The van der Waals surface area contributed by atoms with Crippen LogP contribution in [0.25, 0.3) is 0 Å². The van der Waals surface area contributed by atoms with E-state index in [-0.39, 0.29) is 42.4 Å². The summed E-state index contributed by atoms with van der Waals surface area (Å²) in [7, 11) is -3.83. The van der Waals surface area contributed by atoms with Crippen LogP contribution in [0.15, 0.2) is 51.7 Å². The minimum Gasteiger partial charge on any atom is -0.393 e. The number of aliphatic hydroxyl groups excluding tert-OH is 1. The number of benzene rings is 2. The largest absolute Gasteiger partial charge is 0.434 e. The molecule has 2 aromatic carbocycles. The van der Waals surface area contributed by atoms with Crippen molar-refractivity contribution in [2.45, 2.75) is 62.0 Å². The van der Waals surface area contributed by atoms with Crippen molar-refractivity contribution in [1.29, 1.82) is 0 Å². The lowest BCUT2D eigenvalue weighted by molar-refractivity contribution is 0.0227. The highest BCUT2D eigenvalue weighted by Gasteiger charge is 2.52. The number of sulfonamides is 1. The number of aromatic nitrogens is 2. The van der Waals surface area contributed by atoms with Crippen LogP contribution in [-0.4, -0.2) is 40.2 Å². The highest BCUT2D eigenvalue weighted by molar-refractivity contribution is 7.89. The molecule has 2 fully saturated rings. The van der Waals surface area contributed by atoms with Crippen LogP contribution in [-0.2, 0) is 22.0 Å². The fourth-order valence-electron chi connectivity index (χ4n) is 5.28. The zero-order chi connectivity index (χ0) is 25.0. The first-order valence-corrected chi connectivity index (χ1v) is 12.9. The predicted octanol–water partition coefficient (Wildman–Crippen LogP) is 3.14. The minimum atomic E-state index is -3.83. The van der Waals surface area contributed by atoms with Crippen molar-refractivity contribution in [2.75, 3.05) is 0 Å². The van der Waals surface area contributed by atoms with E-state index in [1.165, 1.54) is 4.31 Å². The molecule has 35 heavy (non-hydrogen) atoms. The smallest absolute Gasteiger partial charge is 0.393 e. The summed E-state index contributed by atoms with van der Waals surface area (Å²) < 4.78 is 63.9. The van der Waals surface area contributed by atoms with Gasteiger partial charge >= 0.3 is 5.76 Å². The van der Waals surface area contributed by atoms with E-state index in [2.05, 4.69) is 10.2 Å². The van der Waals surface area contributed by atoms with Gasteiger partial charge in [-0.3, -0.25) is 0 Å². The van der Waals surface area contributed by atoms with Crippen LogP contribution in [0, 0.1) is 11.6 Å². The van der Waals surface area contributed by atoms with Gasteiger partial charge in [0.15, 0.2) is 0 Å². The number of aromatic amines is 1. The lowest BCUT2D eigenvalue weighted by Crippen LogP contribution is -2.47. The van der Waals surface area contributed by atoms with Gasteiger partial charge in [0, 0.05) is 23.7 Å². The van der Waals surface area contributed by atoms with E-state index in [1.54, 1.807) is 37.3 Å². The summed E-state index contributed by atoms with van der Waals surface area (Å²) in [6.07, 6.45) is 0.257. The average Bonchev–Trinajstić information content (AvgIpc) is 3.23. The Morgan fingerprint density at radius 1 is 1.17 bits per heavy atom. The topological polar surface area (TPSA) is 116 Å². The second kappa shape index (κ2) is 8.65. The summed E-state index contributed by atoms with van der Waals surface area (Å²) in [5.74, 6) is -2.54. The predicted molar refractivity (Wildman–Crippen MR) is 122 cm³/mol. The third-order valence-corrected chi connectivity index (χ3v) is 9.56. The lowest BCUT2D eigenvalue weighted by Gasteiger charge is -2.43. The maximum Gasteiger partial charge on any atom is 0.434 e. The molecule has 5 rings (SSSR count). The van der Waals surface area contributed by atoms with E-state index >= 15 is 8.78 Å². The van der Waals surface area contributed by atoms with Gasteiger partial charge < -0.3 is 9.52 Å². The molecule has 2 heterocycles. The molecular formula is C24H25F2N3O5S. The molecule has 1 aliphatic heterocycles. The first-order chi connectivity index (χ1) is 16.6. The van der Waals surface area contributed by atoms with Gasteiger partial charge in [-0.15, -0.1) is 5.10 Å². The van der Waals surface area contributed by atoms with E-state index < -0.39 is 44.2 Å². The second-order valence-electron chi connectivity index (χ2n) is 9.40. The van der Waals surface area contributed by atoms with Crippen LogP contribution >= 0.6 is 0 Å². The quantitative estimate of drug-likeness (QED) is 0.550. The molecule has 0 bridgehead atoms. The Labute approximate surface area is 200 Å². The highest BCUT2D eigenvalue weighted by atomic mass is 32.2. The van der Waals surface area contributed by atoms with Crippen LogP contribution < -0.4 is 5.76 Å². The normalized spacial score (nSPS) is 28.5. The third-order valence-electron chi connectivity index (χ3n) is 7.19. The minimum absolute atomic E-state index is 0.00674. The number of rotatable bonds is 5. The summed E-state index contributed by atoms with van der Waals surface area (Å²) >= 11 is 0. The van der Waals surface area contributed by atoms with Gasteiger partial charge in [0.1, 0.15) is 16.9 Å². The number of nitrogens with one attached hydrogen (secondary N) is 1. The number of aliphatic hydroxyl groups is 1. The molecule has 1 saturated heterocycles. The van der Waals surface area contributed by atoms with Crippen LogP contribution in [0.3, 0.4) is 0 Å². The highest BCUT2D eigenvalue weighted by Crippen LogP contribution is 2.49. The Kier molecular flexibility index (Phi) is 5.89. The summed E-state index contributed by atoms with van der Waals surface area (Å²) in [6.45, 7) is 1.44. The standard InChI is InChI=1S/C24H25F2N3O5S/c1-14-7-8-21(15-5-3-2-4-6-15)35(32,33)29(14)13-16-9-20(26)18(10-19(16)25)24(11-17(30)12-24)22-27-28-23(31)34-22/h2-6,9-10,14,17,21,30H,7-8,11-13H2,1H3,(H,28,31)/t14-,17-,21+,24-/m0/s1. The van der Waals surface area contributed by atoms with Crippen molar-refractivity contribution in [3.05, 3.63) is 87.2 Å². The molecule has 8 nitrogen and oxygen atoms in total. The van der Waals surface area contributed by atoms with Crippen molar-refractivity contribution < 1.29 is 26.7 Å². The molecule has 186 valence electrons. The maximum atomic E-state index is 15.4. The number of H-pyrrole nitrogens is 1. The number of nitrogens with zero attached hydrogens (tertiary/aromatic N) is 2. The third kappa shape index (κ3) is 4.01. The summed E-state index contributed by atoms with van der Waals surface area (Å²) in [5, 5.41) is 15.0. The molecule has 0 radical (unpaired) electrons. The van der Waals surface area contributed by atoms with Crippen LogP contribution in [0.2, 0.25) is 0 Å². The average molecular weight is 506 g/mol. The van der Waals surface area contributed by atoms with Crippen molar-refractivity contribution in [3.8, 4) is 0 Å². The Balaban J connectivity index is 1.48. The summed E-state index contributed by atoms with van der Waals surface area (Å²) in [6, 6.07) is 10.5. The molecule has 0 spiro atoms. The van der Waals surface area contributed by atoms with Crippen molar-refractivity contribution in [1.82, 2.24) is 14.5 Å². The molecule has 3 aromatic rings. The van der Waals surface area contributed by atoms with Gasteiger partial charge in [-0.2, -0.15) is 4.31 Å². The molecule has 0 unspecified atom stereocenters. The van der Waals surface area contributed by atoms with Gasteiger partial charge in [0.2, 0.25) is 15.9 Å². The number of halogens is 2. The monoisotopic (exact) mass is 505 g/mol. The van der Waals surface area contributed by atoms with Gasteiger partial charge in [-0.25, -0.2) is 27.1 Å². The molecule has 1 aromatic heterocycles. The first-order valence-electron chi connectivity index (χ1n) is 11.4. The van der Waals surface area contributed by atoms with Crippen LogP contribution in [0.5, 0.6) is 0 Å². The Morgan fingerprint density at radius 3 is 2.51 bits per heavy atom. The van der Waals surface area contributed by atoms with Gasteiger partial charge in [0.05, 0.1) is 11.5 Å². The Morgan fingerprint density at radius 2 is 1.89 bits per heavy atom. The lowest BCUT2D eigenvalue weighted by atomic mass is 9.62. The van der Waals surface area contributed by atoms with Crippen molar-refractivity contribution in [3.63, 3.8) is 0 Å². The van der Waals surface area contributed by atoms with E-state index in [0.29, 0.717) is 18.4 Å². The fourth-order valence-corrected chi connectivity index (χ4v) is 7.47. The SMILES string of the molecule is C[C@H]1CC[C@H](c2ccccc2)S(=O)(=O)N1Cc1cc(F)c([C@]2(c3n[nH]c(=O)o3)C[C@H](O)C2)cc1F. The van der Waals surface area contributed by atoms with Crippen molar-refractivity contribution >= 4 is 10.0 Å². The van der Waals surface area contributed by atoms with Gasteiger partial charge in [0.25, 0.3) is 0 Å². The molecule has 1 aliphatic carbocycles.